The summed E-state index contributed by atoms with van der Waals surface area (Å²) in [5.41, 5.74) is 2.18. The molecule has 0 radical (unpaired) electrons. The van der Waals surface area contributed by atoms with E-state index >= 15 is 0 Å². The summed E-state index contributed by atoms with van der Waals surface area (Å²) in [4.78, 5) is 14.3. The number of amides is 2. The minimum absolute atomic E-state index is 0.0000205. The van der Waals surface area contributed by atoms with Gasteiger partial charge in [0.15, 0.2) is 0 Å². The fourth-order valence-corrected chi connectivity index (χ4v) is 6.25. The number of nitrogens with one attached hydrogen (secondary N) is 1. The van der Waals surface area contributed by atoms with Gasteiger partial charge in [0.2, 0.25) is 10.0 Å². The molecule has 0 spiro atoms. The van der Waals surface area contributed by atoms with E-state index in [1.54, 1.807) is 26.1 Å². The number of carbonyl (C=O) groups is 1. The van der Waals surface area contributed by atoms with Crippen LogP contribution in [0.2, 0.25) is 0 Å². The Kier molecular flexibility index (Phi) is 9.24. The van der Waals surface area contributed by atoms with Gasteiger partial charge in [-0.1, -0.05) is 55.5 Å². The van der Waals surface area contributed by atoms with E-state index in [0.717, 1.165) is 11.1 Å². The van der Waals surface area contributed by atoms with Gasteiger partial charge in [-0.15, -0.1) is 0 Å². The van der Waals surface area contributed by atoms with Gasteiger partial charge in [0.25, 0.3) is 0 Å². The van der Waals surface area contributed by atoms with Crippen molar-refractivity contribution in [2.75, 3.05) is 32.1 Å². The molecule has 0 saturated heterocycles. The zero-order valence-corrected chi connectivity index (χ0v) is 23.5. The smallest absolute Gasteiger partial charge is 0.321 e. The van der Waals surface area contributed by atoms with Crippen molar-refractivity contribution >= 4 is 33.9 Å². The van der Waals surface area contributed by atoms with Crippen LogP contribution in [0.15, 0.2) is 77.7 Å². The molecular formula is C30H34FN3O5S. The van der Waals surface area contributed by atoms with E-state index in [2.05, 4.69) is 5.32 Å². The molecule has 2 amide bonds. The SMILES string of the molecule is C[C@H]1CN([C@@H](C)CO)S(=O)(=O)c2ccc(/C=C/c3ccccc3)cc2O[C@H]1CN(C)C(=O)Nc1ccc(F)cc1. The molecule has 1 aliphatic rings. The first kappa shape index (κ1) is 29.3. The molecule has 0 fully saturated rings. The van der Waals surface area contributed by atoms with Gasteiger partial charge in [-0.2, -0.15) is 4.31 Å². The van der Waals surface area contributed by atoms with E-state index in [1.807, 2.05) is 49.4 Å². The quantitative estimate of drug-likeness (QED) is 0.395. The summed E-state index contributed by atoms with van der Waals surface area (Å²) in [5.74, 6) is -0.563. The Labute approximate surface area is 234 Å². The lowest BCUT2D eigenvalue weighted by Crippen LogP contribution is -2.50. The number of rotatable bonds is 7. The van der Waals surface area contributed by atoms with Crippen LogP contribution in [-0.2, 0) is 10.0 Å². The number of hydrogen-bond acceptors (Lipinski definition) is 5. The van der Waals surface area contributed by atoms with Gasteiger partial charge >= 0.3 is 6.03 Å². The summed E-state index contributed by atoms with van der Waals surface area (Å²) in [6.07, 6.45) is 3.23. The van der Waals surface area contributed by atoms with Crippen molar-refractivity contribution in [2.24, 2.45) is 5.92 Å². The first-order chi connectivity index (χ1) is 19.1. The van der Waals surface area contributed by atoms with Gasteiger partial charge in [-0.05, 0) is 54.4 Å². The summed E-state index contributed by atoms with van der Waals surface area (Å²) in [7, 11) is -2.37. The number of nitrogens with zero attached hydrogens (tertiary/aromatic N) is 2. The molecule has 10 heteroatoms. The van der Waals surface area contributed by atoms with Crippen LogP contribution in [0.3, 0.4) is 0 Å². The van der Waals surface area contributed by atoms with Crippen molar-refractivity contribution in [1.82, 2.24) is 9.21 Å². The van der Waals surface area contributed by atoms with Crippen molar-refractivity contribution in [3.05, 3.63) is 89.7 Å². The lowest BCUT2D eigenvalue weighted by molar-refractivity contribution is 0.0830. The number of likely N-dealkylation sites (N-methyl/N-ethyl adjacent to an activating group) is 1. The molecule has 3 atom stereocenters. The molecule has 8 nitrogen and oxygen atoms in total. The highest BCUT2D eigenvalue weighted by Crippen LogP contribution is 2.34. The minimum atomic E-state index is -3.98. The third-order valence-corrected chi connectivity index (χ3v) is 8.87. The normalized spacial score (nSPS) is 19.6. The standard InChI is InChI=1S/C30H34FN3O5S/c1-21-18-34(22(2)20-35)40(37,38)29-16-11-24(10-9-23-7-5-4-6-8-23)17-27(29)39-28(21)19-33(3)30(36)32-26-14-12-25(31)13-15-26/h4-17,21-22,28,35H,18-20H2,1-3H3,(H,32,36)/b10-9+/t21-,22-,28-/m0/s1. The topological polar surface area (TPSA) is 99.2 Å². The van der Waals surface area contributed by atoms with E-state index in [4.69, 9.17) is 4.74 Å². The molecule has 4 rings (SSSR count). The molecular weight excluding hydrogens is 533 g/mol. The number of carbonyl (C=O) groups excluding carboxylic acids is 1. The van der Waals surface area contributed by atoms with Crippen LogP contribution in [-0.4, -0.2) is 67.7 Å². The Morgan fingerprint density at radius 3 is 2.48 bits per heavy atom. The van der Waals surface area contributed by atoms with Crippen LogP contribution in [0.1, 0.15) is 25.0 Å². The maximum Gasteiger partial charge on any atom is 0.321 e. The van der Waals surface area contributed by atoms with Crippen LogP contribution >= 0.6 is 0 Å². The van der Waals surface area contributed by atoms with Gasteiger partial charge in [-0.25, -0.2) is 17.6 Å². The number of benzene rings is 3. The predicted octanol–water partition coefficient (Wildman–Crippen LogP) is 4.93. The molecule has 3 aromatic carbocycles. The molecule has 0 unspecified atom stereocenters. The fraction of sp³-hybridized carbons (Fsp3) is 0.300. The number of halogens is 1. The van der Waals surface area contributed by atoms with Crippen LogP contribution < -0.4 is 10.1 Å². The number of aliphatic hydroxyl groups excluding tert-OH is 1. The Morgan fingerprint density at radius 2 is 1.80 bits per heavy atom. The third-order valence-electron chi connectivity index (χ3n) is 6.85. The molecule has 2 N–H and O–H groups in total. The lowest BCUT2D eigenvalue weighted by Gasteiger charge is -2.37. The second kappa shape index (κ2) is 12.6. The van der Waals surface area contributed by atoms with Crippen molar-refractivity contribution in [3.8, 4) is 5.75 Å². The van der Waals surface area contributed by atoms with Gasteiger partial charge < -0.3 is 20.1 Å². The van der Waals surface area contributed by atoms with Crippen LogP contribution in [0.5, 0.6) is 5.75 Å². The van der Waals surface area contributed by atoms with E-state index in [1.165, 1.54) is 39.5 Å². The number of aliphatic hydroxyl groups is 1. The fourth-order valence-electron chi connectivity index (χ4n) is 4.43. The average Bonchev–Trinajstić information content (AvgIpc) is 2.95. The Hall–Kier alpha value is -3.73. The number of sulfonamides is 1. The first-order valence-corrected chi connectivity index (χ1v) is 14.5. The molecule has 3 aromatic rings. The number of hydrogen-bond donors (Lipinski definition) is 2. The monoisotopic (exact) mass is 567 g/mol. The Balaban J connectivity index is 1.64. The van der Waals surface area contributed by atoms with Crippen molar-refractivity contribution < 1.29 is 27.4 Å². The van der Waals surface area contributed by atoms with Crippen LogP contribution in [0.4, 0.5) is 14.9 Å². The molecule has 0 bridgehead atoms. The highest BCUT2D eigenvalue weighted by Gasteiger charge is 2.38. The van der Waals surface area contributed by atoms with E-state index in [9.17, 15) is 22.7 Å². The number of urea groups is 1. The third kappa shape index (κ3) is 6.88. The van der Waals surface area contributed by atoms with Gasteiger partial charge in [0.05, 0.1) is 13.2 Å². The van der Waals surface area contributed by atoms with E-state index in [0.29, 0.717) is 5.69 Å². The van der Waals surface area contributed by atoms with Crippen molar-refractivity contribution in [1.29, 1.82) is 0 Å². The largest absolute Gasteiger partial charge is 0.487 e. The number of anilines is 1. The second-order valence-corrected chi connectivity index (χ2v) is 11.9. The van der Waals surface area contributed by atoms with Crippen molar-refractivity contribution in [3.63, 3.8) is 0 Å². The first-order valence-electron chi connectivity index (χ1n) is 13.0. The lowest BCUT2D eigenvalue weighted by atomic mass is 10.0. The van der Waals surface area contributed by atoms with Gasteiger partial charge in [0.1, 0.15) is 22.6 Å². The maximum absolute atomic E-state index is 13.7. The summed E-state index contributed by atoms with van der Waals surface area (Å²) >= 11 is 0. The van der Waals surface area contributed by atoms with Gasteiger partial charge in [-0.3, -0.25) is 0 Å². The zero-order chi connectivity index (χ0) is 28.9. The highest BCUT2D eigenvalue weighted by atomic mass is 32.2. The molecule has 40 heavy (non-hydrogen) atoms. The highest BCUT2D eigenvalue weighted by molar-refractivity contribution is 7.89. The maximum atomic E-state index is 13.7. The number of ether oxygens (including phenoxy) is 1. The number of fused-ring (bicyclic) bond motifs is 1. The van der Waals surface area contributed by atoms with Crippen LogP contribution in [0, 0.1) is 11.7 Å². The van der Waals surface area contributed by atoms with Gasteiger partial charge in [0, 0.05) is 31.2 Å². The Morgan fingerprint density at radius 1 is 1.12 bits per heavy atom. The molecule has 1 heterocycles. The predicted molar refractivity (Wildman–Crippen MR) is 154 cm³/mol. The minimum Gasteiger partial charge on any atom is -0.487 e. The van der Waals surface area contributed by atoms with E-state index < -0.39 is 34.0 Å². The van der Waals surface area contributed by atoms with Crippen molar-refractivity contribution in [2.45, 2.75) is 30.9 Å². The summed E-state index contributed by atoms with van der Waals surface area (Å²) < 4.78 is 48.3. The Bertz CT molecular complexity index is 1450. The molecule has 0 aromatic heterocycles. The summed E-state index contributed by atoms with van der Waals surface area (Å²) in [6, 6.07) is 19.0. The summed E-state index contributed by atoms with van der Waals surface area (Å²) in [6.45, 7) is 3.41. The second-order valence-electron chi connectivity index (χ2n) is 10.0. The average molecular weight is 568 g/mol. The van der Waals surface area contributed by atoms with Crippen LogP contribution in [0.25, 0.3) is 12.2 Å². The zero-order valence-electron chi connectivity index (χ0n) is 22.7. The molecule has 1 aliphatic heterocycles. The summed E-state index contributed by atoms with van der Waals surface area (Å²) in [5, 5.41) is 12.6. The van der Waals surface area contributed by atoms with E-state index in [-0.39, 0.29) is 36.3 Å². The molecule has 0 aliphatic carbocycles. The molecule has 212 valence electrons. The molecule has 0 saturated carbocycles.